The highest BCUT2D eigenvalue weighted by molar-refractivity contribution is 5.88. The summed E-state index contributed by atoms with van der Waals surface area (Å²) in [6, 6.07) is 7.63. The van der Waals surface area contributed by atoms with Crippen molar-refractivity contribution >= 4 is 18.1 Å². The summed E-state index contributed by atoms with van der Waals surface area (Å²) in [5.74, 6) is 4.86. The first-order valence-corrected chi connectivity index (χ1v) is 10.5. The van der Waals surface area contributed by atoms with Crippen LogP contribution in [-0.4, -0.2) is 65.0 Å². The maximum Gasteiger partial charge on any atom is 0.408 e. The average Bonchev–Trinajstić information content (AvgIpc) is 3.06. The number of nitrogens with one attached hydrogen (secondary N) is 2. The number of carbonyl (C=O) groups excluding carboxylic acids is 3. The molecule has 9 heteroatoms. The predicted molar refractivity (Wildman–Crippen MR) is 117 cm³/mol. The molecule has 1 aromatic rings. The van der Waals surface area contributed by atoms with Crippen LogP contribution in [-0.2, 0) is 20.9 Å². The number of rotatable bonds is 7. The zero-order valence-electron chi connectivity index (χ0n) is 18.9. The van der Waals surface area contributed by atoms with Gasteiger partial charge in [0, 0.05) is 13.1 Å². The highest BCUT2D eigenvalue weighted by Gasteiger charge is 2.39. The van der Waals surface area contributed by atoms with Gasteiger partial charge in [-0.05, 0) is 39.7 Å². The van der Waals surface area contributed by atoms with Crippen LogP contribution >= 0.6 is 0 Å². The number of hydrogen-bond acceptors (Lipinski definition) is 6. The summed E-state index contributed by atoms with van der Waals surface area (Å²) in [4.78, 5) is 38.4. The van der Waals surface area contributed by atoms with Crippen molar-refractivity contribution < 1.29 is 29.0 Å². The van der Waals surface area contributed by atoms with Gasteiger partial charge < -0.3 is 30.1 Å². The van der Waals surface area contributed by atoms with Gasteiger partial charge in [-0.3, -0.25) is 4.79 Å². The Morgan fingerprint density at radius 3 is 2.56 bits per heavy atom. The van der Waals surface area contributed by atoms with E-state index in [2.05, 4.69) is 22.5 Å². The van der Waals surface area contributed by atoms with E-state index in [-0.39, 0.29) is 25.6 Å². The van der Waals surface area contributed by atoms with E-state index >= 15 is 0 Å². The van der Waals surface area contributed by atoms with E-state index in [9.17, 15) is 19.5 Å². The topological polar surface area (TPSA) is 117 Å². The number of aliphatic hydroxyl groups excluding tert-OH is 1. The molecule has 1 heterocycles. The Morgan fingerprint density at radius 2 is 1.94 bits per heavy atom. The van der Waals surface area contributed by atoms with Crippen LogP contribution < -0.4 is 10.6 Å². The van der Waals surface area contributed by atoms with Crippen LogP contribution in [0.5, 0.6) is 0 Å². The number of ether oxygens (including phenoxy) is 2. The molecule has 0 bridgehead atoms. The number of carbonyl (C=O) groups is 3. The van der Waals surface area contributed by atoms with Crippen molar-refractivity contribution in [3.8, 4) is 11.8 Å². The van der Waals surface area contributed by atoms with Crippen molar-refractivity contribution in [2.75, 3.05) is 13.1 Å². The standard InChI is InChI=1S/C23H31N3O6/c1-5-9-19(27)18(14-24-21(29)31-15-16-10-7-6-8-11-16)26-13-12-17(20(26)28)25-22(30)32-23(2,3)4/h6-8,10-11,17-19,27H,12-15H2,1-4H3,(H,24,29)(H,25,30)/t17-,18-,19-/m0/s1. The highest BCUT2D eigenvalue weighted by atomic mass is 16.6. The molecule has 0 spiro atoms. The Kier molecular flexibility index (Phi) is 8.91. The Labute approximate surface area is 188 Å². The SMILES string of the molecule is CC#C[C@H](O)[C@H](CNC(=O)OCc1ccccc1)N1CC[C@H](NC(=O)OC(C)(C)C)C1=O. The number of aliphatic hydroxyl groups is 1. The molecule has 1 aromatic carbocycles. The van der Waals surface area contributed by atoms with Crippen LogP contribution in [0, 0.1) is 11.8 Å². The molecule has 1 fully saturated rings. The molecule has 0 radical (unpaired) electrons. The largest absolute Gasteiger partial charge is 0.445 e. The summed E-state index contributed by atoms with van der Waals surface area (Å²) >= 11 is 0. The summed E-state index contributed by atoms with van der Waals surface area (Å²) in [6.45, 7) is 7.08. The molecule has 3 atom stereocenters. The van der Waals surface area contributed by atoms with Crippen molar-refractivity contribution in [3.05, 3.63) is 35.9 Å². The van der Waals surface area contributed by atoms with E-state index in [0.717, 1.165) is 5.56 Å². The number of alkyl carbamates (subject to hydrolysis) is 2. The number of likely N-dealkylation sites (tertiary alicyclic amines) is 1. The molecule has 0 saturated carbocycles. The van der Waals surface area contributed by atoms with Gasteiger partial charge in [-0.25, -0.2) is 9.59 Å². The maximum atomic E-state index is 12.9. The van der Waals surface area contributed by atoms with Gasteiger partial charge >= 0.3 is 12.2 Å². The van der Waals surface area contributed by atoms with E-state index in [0.29, 0.717) is 6.42 Å². The number of amides is 3. The number of hydrogen-bond donors (Lipinski definition) is 3. The van der Waals surface area contributed by atoms with Crippen LogP contribution in [0.4, 0.5) is 9.59 Å². The second-order valence-corrected chi connectivity index (χ2v) is 8.37. The van der Waals surface area contributed by atoms with Gasteiger partial charge in [0.15, 0.2) is 0 Å². The fourth-order valence-electron chi connectivity index (χ4n) is 3.21. The normalized spacial score (nSPS) is 17.6. The summed E-state index contributed by atoms with van der Waals surface area (Å²) in [7, 11) is 0. The summed E-state index contributed by atoms with van der Waals surface area (Å²) in [5, 5.41) is 15.6. The smallest absolute Gasteiger partial charge is 0.408 e. The fourth-order valence-corrected chi connectivity index (χ4v) is 3.21. The molecule has 3 N–H and O–H groups in total. The third kappa shape index (κ3) is 7.78. The highest BCUT2D eigenvalue weighted by Crippen LogP contribution is 2.18. The lowest BCUT2D eigenvalue weighted by molar-refractivity contribution is -0.132. The zero-order chi connectivity index (χ0) is 23.7. The quantitative estimate of drug-likeness (QED) is 0.551. The molecule has 0 aliphatic carbocycles. The van der Waals surface area contributed by atoms with E-state index in [1.807, 2.05) is 30.3 Å². The molecule has 174 valence electrons. The monoisotopic (exact) mass is 445 g/mol. The summed E-state index contributed by atoms with van der Waals surface area (Å²) in [5.41, 5.74) is 0.145. The van der Waals surface area contributed by atoms with Gasteiger partial charge in [-0.15, -0.1) is 5.92 Å². The molecule has 1 saturated heterocycles. The predicted octanol–water partition coefficient (Wildman–Crippen LogP) is 1.79. The van der Waals surface area contributed by atoms with E-state index in [1.54, 1.807) is 27.7 Å². The number of benzene rings is 1. The van der Waals surface area contributed by atoms with Gasteiger partial charge in [-0.1, -0.05) is 36.3 Å². The van der Waals surface area contributed by atoms with Gasteiger partial charge in [0.1, 0.15) is 24.4 Å². The Balaban J connectivity index is 1.96. The fraction of sp³-hybridized carbons (Fsp3) is 0.522. The van der Waals surface area contributed by atoms with Crippen molar-refractivity contribution in [2.24, 2.45) is 0 Å². The lowest BCUT2D eigenvalue weighted by Gasteiger charge is -2.30. The maximum absolute atomic E-state index is 12.9. The molecule has 9 nitrogen and oxygen atoms in total. The Bertz CT molecular complexity index is 856. The van der Waals surface area contributed by atoms with Crippen LogP contribution in [0.1, 0.15) is 39.7 Å². The molecular formula is C23H31N3O6. The second kappa shape index (κ2) is 11.4. The van der Waals surface area contributed by atoms with Crippen LogP contribution in [0.25, 0.3) is 0 Å². The molecule has 2 rings (SSSR count). The molecule has 0 unspecified atom stereocenters. The van der Waals surface area contributed by atoms with E-state index < -0.39 is 36.0 Å². The van der Waals surface area contributed by atoms with E-state index in [4.69, 9.17) is 9.47 Å². The lowest BCUT2D eigenvalue weighted by atomic mass is 10.1. The van der Waals surface area contributed by atoms with Gasteiger partial charge in [-0.2, -0.15) is 0 Å². The molecule has 0 aromatic heterocycles. The average molecular weight is 446 g/mol. The van der Waals surface area contributed by atoms with Gasteiger partial charge in [0.05, 0.1) is 6.04 Å². The Hall–Kier alpha value is -3.25. The van der Waals surface area contributed by atoms with E-state index in [1.165, 1.54) is 4.90 Å². The van der Waals surface area contributed by atoms with Crippen LogP contribution in [0.2, 0.25) is 0 Å². The first kappa shape index (κ1) is 25.0. The van der Waals surface area contributed by atoms with Crippen LogP contribution in [0.3, 0.4) is 0 Å². The first-order valence-electron chi connectivity index (χ1n) is 10.5. The molecule has 1 aliphatic heterocycles. The van der Waals surface area contributed by atoms with Crippen molar-refractivity contribution in [1.29, 1.82) is 0 Å². The molecule has 1 aliphatic rings. The lowest BCUT2D eigenvalue weighted by Crippen LogP contribution is -2.53. The van der Waals surface area contributed by atoms with Crippen LogP contribution in [0.15, 0.2) is 30.3 Å². The minimum absolute atomic E-state index is 0.0611. The van der Waals surface area contributed by atoms with Gasteiger partial charge in [0.2, 0.25) is 5.91 Å². The molecular weight excluding hydrogens is 414 g/mol. The Morgan fingerprint density at radius 1 is 1.25 bits per heavy atom. The summed E-state index contributed by atoms with van der Waals surface area (Å²) in [6.07, 6.45) is -2.20. The van der Waals surface area contributed by atoms with Crippen molar-refractivity contribution in [3.63, 3.8) is 0 Å². The van der Waals surface area contributed by atoms with Crippen molar-refractivity contribution in [1.82, 2.24) is 15.5 Å². The molecule has 3 amide bonds. The number of nitrogens with zero attached hydrogens (tertiary/aromatic N) is 1. The second-order valence-electron chi connectivity index (χ2n) is 8.37. The first-order chi connectivity index (χ1) is 15.1. The zero-order valence-corrected chi connectivity index (χ0v) is 18.9. The summed E-state index contributed by atoms with van der Waals surface area (Å²) < 4.78 is 10.4. The third-order valence-corrected chi connectivity index (χ3v) is 4.66. The van der Waals surface area contributed by atoms with Gasteiger partial charge in [0.25, 0.3) is 0 Å². The minimum Gasteiger partial charge on any atom is -0.445 e. The van der Waals surface area contributed by atoms with Crippen molar-refractivity contribution in [2.45, 2.75) is 64.5 Å². The molecule has 32 heavy (non-hydrogen) atoms. The third-order valence-electron chi connectivity index (χ3n) is 4.66. The minimum atomic E-state index is -1.18.